The summed E-state index contributed by atoms with van der Waals surface area (Å²) in [5.41, 5.74) is 4.34. The fourth-order valence-corrected chi connectivity index (χ4v) is 4.39. The van der Waals surface area contributed by atoms with Crippen molar-refractivity contribution in [2.75, 3.05) is 47.6 Å². The molecule has 0 fully saturated rings. The van der Waals surface area contributed by atoms with Crippen molar-refractivity contribution in [3.63, 3.8) is 0 Å². The molecule has 0 aliphatic carbocycles. The zero-order valence-electron chi connectivity index (χ0n) is 21.8. The van der Waals surface area contributed by atoms with Gasteiger partial charge in [0.2, 0.25) is 0 Å². The Morgan fingerprint density at radius 3 is 2.76 bits per heavy atom. The Morgan fingerprint density at radius 2 is 2.00 bits per heavy atom. The predicted molar refractivity (Wildman–Crippen MR) is 141 cm³/mol. The van der Waals surface area contributed by atoms with Crippen molar-refractivity contribution < 1.29 is 23.8 Å². The lowest BCUT2D eigenvalue weighted by Crippen LogP contribution is -2.29. The van der Waals surface area contributed by atoms with E-state index in [0.29, 0.717) is 50.4 Å². The van der Waals surface area contributed by atoms with Crippen molar-refractivity contribution in [2.24, 2.45) is 5.92 Å². The van der Waals surface area contributed by atoms with E-state index in [1.54, 1.807) is 19.4 Å². The van der Waals surface area contributed by atoms with Crippen molar-refractivity contribution in [1.82, 2.24) is 15.1 Å². The van der Waals surface area contributed by atoms with Gasteiger partial charge in [-0.2, -0.15) is 5.10 Å². The van der Waals surface area contributed by atoms with Gasteiger partial charge in [-0.15, -0.1) is 0 Å². The second kappa shape index (κ2) is 12.7. The van der Waals surface area contributed by atoms with E-state index in [0.717, 1.165) is 34.5 Å². The first-order valence-electron chi connectivity index (χ1n) is 12.6. The molecular weight excluding hydrogens is 470 g/mol. The standard InChI is InChI=1S/C29H35N3O5/c1-32(2)10-12-36-29-16-20(25-17-30-31-18-25)6-7-22(29)15-27(34)24-14-23-13-21(8-9-28(23)37-19-24)26(33)5-4-11-35-3/h6-9,13,16-18,24H,4-5,10-12,14-15,19H2,1-3H3,(H,30,31). The minimum Gasteiger partial charge on any atom is -0.493 e. The molecule has 0 amide bonds. The third-order valence-corrected chi connectivity index (χ3v) is 6.56. The summed E-state index contributed by atoms with van der Waals surface area (Å²) in [5.74, 6) is 1.33. The lowest BCUT2D eigenvalue weighted by Gasteiger charge is -2.25. The molecule has 1 aliphatic rings. The lowest BCUT2D eigenvalue weighted by atomic mass is 9.88. The Hall–Kier alpha value is -3.49. The van der Waals surface area contributed by atoms with Crippen LogP contribution in [0.3, 0.4) is 0 Å². The molecule has 1 atom stereocenters. The molecule has 1 aromatic heterocycles. The summed E-state index contributed by atoms with van der Waals surface area (Å²) in [5, 5.41) is 6.87. The molecule has 0 spiro atoms. The fourth-order valence-electron chi connectivity index (χ4n) is 4.39. The molecule has 8 heteroatoms. The zero-order chi connectivity index (χ0) is 26.2. The van der Waals surface area contributed by atoms with Crippen molar-refractivity contribution in [1.29, 1.82) is 0 Å². The van der Waals surface area contributed by atoms with Crippen LogP contribution in [0.1, 0.15) is 34.3 Å². The maximum absolute atomic E-state index is 13.4. The van der Waals surface area contributed by atoms with E-state index in [-0.39, 0.29) is 23.9 Å². The normalized spacial score (nSPS) is 14.8. The van der Waals surface area contributed by atoms with Crippen LogP contribution < -0.4 is 9.47 Å². The number of nitrogens with one attached hydrogen (secondary N) is 1. The molecule has 4 rings (SSSR count). The molecule has 0 saturated carbocycles. The Bertz CT molecular complexity index is 1210. The number of benzene rings is 2. The SMILES string of the molecule is COCCCC(=O)c1ccc2c(c1)CC(C(=O)Cc1ccc(-c3cn[nH]c3)cc1OCCN(C)C)CO2. The Balaban J connectivity index is 1.46. The number of hydrogen-bond acceptors (Lipinski definition) is 7. The molecule has 8 nitrogen and oxygen atoms in total. The van der Waals surface area contributed by atoms with Gasteiger partial charge >= 0.3 is 0 Å². The molecule has 1 unspecified atom stereocenters. The summed E-state index contributed by atoms with van der Waals surface area (Å²) in [6, 6.07) is 11.4. The maximum atomic E-state index is 13.4. The average Bonchev–Trinajstić information content (AvgIpc) is 3.44. The average molecular weight is 506 g/mol. The first-order chi connectivity index (χ1) is 17.9. The second-order valence-corrected chi connectivity index (χ2v) is 9.66. The van der Waals surface area contributed by atoms with Gasteiger partial charge in [-0.25, -0.2) is 0 Å². The number of rotatable bonds is 13. The van der Waals surface area contributed by atoms with Crippen LogP contribution in [0.5, 0.6) is 11.5 Å². The number of aromatic nitrogens is 2. The summed E-state index contributed by atoms with van der Waals surface area (Å²) < 4.78 is 17.1. The highest BCUT2D eigenvalue weighted by Crippen LogP contribution is 2.32. The molecule has 3 aromatic rings. The van der Waals surface area contributed by atoms with Gasteiger partial charge in [0.25, 0.3) is 0 Å². The summed E-state index contributed by atoms with van der Waals surface area (Å²) in [7, 11) is 5.62. The predicted octanol–water partition coefficient (Wildman–Crippen LogP) is 3.99. The Morgan fingerprint density at radius 1 is 1.14 bits per heavy atom. The van der Waals surface area contributed by atoms with Crippen LogP contribution in [0.15, 0.2) is 48.8 Å². The number of likely N-dealkylation sites (N-methyl/N-ethyl adjacent to an activating group) is 1. The monoisotopic (exact) mass is 505 g/mol. The molecular formula is C29H35N3O5. The van der Waals surface area contributed by atoms with E-state index in [4.69, 9.17) is 14.2 Å². The highest BCUT2D eigenvalue weighted by atomic mass is 16.5. The number of aromatic amines is 1. The molecule has 37 heavy (non-hydrogen) atoms. The highest BCUT2D eigenvalue weighted by Gasteiger charge is 2.27. The van der Waals surface area contributed by atoms with Crippen molar-refractivity contribution in [3.05, 3.63) is 65.5 Å². The van der Waals surface area contributed by atoms with Gasteiger partial charge in [-0.1, -0.05) is 12.1 Å². The summed E-state index contributed by atoms with van der Waals surface area (Å²) in [4.78, 5) is 28.0. The number of hydrogen-bond donors (Lipinski definition) is 1. The Labute approximate surface area is 217 Å². The molecule has 2 aromatic carbocycles. The first kappa shape index (κ1) is 26.6. The number of ketones is 2. The molecule has 196 valence electrons. The van der Waals surface area contributed by atoms with Crippen LogP contribution >= 0.6 is 0 Å². The van der Waals surface area contributed by atoms with Gasteiger partial charge in [0.05, 0.1) is 18.7 Å². The van der Waals surface area contributed by atoms with Crippen molar-refractivity contribution >= 4 is 11.6 Å². The molecule has 1 aliphatic heterocycles. The minimum absolute atomic E-state index is 0.0746. The number of carbonyl (C=O) groups excluding carboxylic acids is 2. The van der Waals surface area contributed by atoms with Crippen LogP contribution in [-0.4, -0.2) is 74.2 Å². The highest BCUT2D eigenvalue weighted by molar-refractivity contribution is 5.96. The van der Waals surface area contributed by atoms with Gasteiger partial charge in [-0.05, 0) is 62.3 Å². The van der Waals surface area contributed by atoms with E-state index in [1.807, 2.05) is 50.6 Å². The summed E-state index contributed by atoms with van der Waals surface area (Å²) in [6.07, 6.45) is 5.51. The van der Waals surface area contributed by atoms with Gasteiger partial charge in [0, 0.05) is 56.0 Å². The van der Waals surface area contributed by atoms with Crippen LogP contribution in [0.4, 0.5) is 0 Å². The quantitative estimate of drug-likeness (QED) is 0.277. The number of fused-ring (bicyclic) bond motifs is 1. The minimum atomic E-state index is -0.283. The zero-order valence-corrected chi connectivity index (χ0v) is 21.8. The van der Waals surface area contributed by atoms with Crippen LogP contribution in [0.25, 0.3) is 11.1 Å². The maximum Gasteiger partial charge on any atom is 0.162 e. The number of carbonyl (C=O) groups is 2. The largest absolute Gasteiger partial charge is 0.493 e. The van der Waals surface area contributed by atoms with Gasteiger partial charge < -0.3 is 19.1 Å². The molecule has 0 radical (unpaired) electrons. The third kappa shape index (κ3) is 7.05. The van der Waals surface area contributed by atoms with Gasteiger partial charge in [0.15, 0.2) is 5.78 Å². The molecule has 1 N–H and O–H groups in total. The van der Waals surface area contributed by atoms with E-state index in [2.05, 4.69) is 15.1 Å². The third-order valence-electron chi connectivity index (χ3n) is 6.56. The van der Waals surface area contributed by atoms with Gasteiger partial charge in [0.1, 0.15) is 23.9 Å². The summed E-state index contributed by atoms with van der Waals surface area (Å²) >= 11 is 0. The smallest absolute Gasteiger partial charge is 0.162 e. The van der Waals surface area contributed by atoms with E-state index >= 15 is 0 Å². The number of ether oxygens (including phenoxy) is 3. The van der Waals surface area contributed by atoms with E-state index in [9.17, 15) is 9.59 Å². The van der Waals surface area contributed by atoms with Gasteiger partial charge in [-0.3, -0.25) is 14.7 Å². The molecule has 0 saturated heterocycles. The number of H-pyrrole nitrogens is 1. The van der Waals surface area contributed by atoms with Crippen molar-refractivity contribution in [3.8, 4) is 22.6 Å². The Kier molecular flexibility index (Phi) is 9.09. The van der Waals surface area contributed by atoms with Crippen LogP contribution in [-0.2, 0) is 22.4 Å². The topological polar surface area (TPSA) is 93.8 Å². The second-order valence-electron chi connectivity index (χ2n) is 9.66. The van der Waals surface area contributed by atoms with E-state index < -0.39 is 0 Å². The fraction of sp³-hybridized carbons (Fsp3) is 0.414. The number of methoxy groups -OCH3 is 1. The lowest BCUT2D eigenvalue weighted by molar-refractivity contribution is -0.123. The van der Waals surface area contributed by atoms with Crippen LogP contribution in [0, 0.1) is 5.92 Å². The number of nitrogens with zero attached hydrogens (tertiary/aromatic N) is 2. The summed E-state index contributed by atoms with van der Waals surface area (Å²) in [6.45, 7) is 2.17. The number of Topliss-reactive ketones (excluding diaryl/α,β-unsaturated/α-hetero) is 2. The first-order valence-corrected chi connectivity index (χ1v) is 12.6. The van der Waals surface area contributed by atoms with E-state index in [1.165, 1.54) is 0 Å². The van der Waals surface area contributed by atoms with Crippen LogP contribution in [0.2, 0.25) is 0 Å². The van der Waals surface area contributed by atoms with Crippen molar-refractivity contribution in [2.45, 2.75) is 25.7 Å². The molecule has 0 bridgehead atoms. The molecule has 2 heterocycles.